The number of hydrogen-bond donors (Lipinski definition) is 1. The zero-order chi connectivity index (χ0) is 16.4. The van der Waals surface area contributed by atoms with Crippen LogP contribution in [0.15, 0.2) is 43.0 Å². The average Bonchev–Trinajstić information content (AvgIpc) is 3.21. The maximum absolute atomic E-state index is 11.7. The van der Waals surface area contributed by atoms with Gasteiger partial charge in [0.1, 0.15) is 18.1 Å². The number of para-hydroxylation sites is 1. The third-order valence-electron chi connectivity index (χ3n) is 3.81. The first-order valence-electron chi connectivity index (χ1n) is 7.32. The molecule has 0 aliphatic carbocycles. The highest BCUT2D eigenvalue weighted by atomic mass is 16.5. The van der Waals surface area contributed by atoms with Gasteiger partial charge in [-0.3, -0.25) is 0 Å². The summed E-state index contributed by atoms with van der Waals surface area (Å²) in [5.74, 6) is 0.303. The highest BCUT2D eigenvalue weighted by molar-refractivity contribution is 5.96. The number of esters is 1. The van der Waals surface area contributed by atoms with Crippen LogP contribution in [-0.2, 0) is 10.3 Å². The highest BCUT2D eigenvalue weighted by Crippen LogP contribution is 2.27. The van der Waals surface area contributed by atoms with E-state index in [2.05, 4.69) is 23.8 Å². The molecular formula is C17H19N3O3. The molecular weight excluding hydrogens is 294 g/mol. The van der Waals surface area contributed by atoms with E-state index in [1.807, 2.05) is 29.0 Å². The number of benzene rings is 1. The summed E-state index contributed by atoms with van der Waals surface area (Å²) in [5, 5.41) is 0.906. The van der Waals surface area contributed by atoms with E-state index < -0.39 is 5.97 Å². The van der Waals surface area contributed by atoms with Gasteiger partial charge in [-0.05, 0) is 26.0 Å². The lowest BCUT2D eigenvalue weighted by Gasteiger charge is -2.26. The number of carbonyl (C=O) groups excluding carboxylic acids is 1. The van der Waals surface area contributed by atoms with E-state index in [1.54, 1.807) is 18.6 Å². The first kappa shape index (κ1) is 15.1. The SMILES string of the molecule is COC(=O)c1cc2cccc(OCC(C)(C)n3ccnc3)c2[nH]1. The number of ether oxygens (including phenoxy) is 2. The molecule has 2 heterocycles. The zero-order valence-electron chi connectivity index (χ0n) is 13.4. The quantitative estimate of drug-likeness (QED) is 0.735. The van der Waals surface area contributed by atoms with Crippen LogP contribution in [-0.4, -0.2) is 34.2 Å². The molecule has 0 fully saturated rings. The van der Waals surface area contributed by atoms with Crippen LogP contribution in [0.25, 0.3) is 10.9 Å². The number of methoxy groups -OCH3 is 1. The van der Waals surface area contributed by atoms with Crippen molar-refractivity contribution in [2.75, 3.05) is 13.7 Å². The van der Waals surface area contributed by atoms with Crippen LogP contribution in [0.2, 0.25) is 0 Å². The molecule has 1 N–H and O–H groups in total. The Labute approximate surface area is 134 Å². The molecule has 0 aliphatic rings. The number of imidazole rings is 1. The summed E-state index contributed by atoms with van der Waals surface area (Å²) in [6.45, 7) is 4.61. The van der Waals surface area contributed by atoms with Crippen molar-refractivity contribution >= 4 is 16.9 Å². The minimum atomic E-state index is -0.397. The fourth-order valence-electron chi connectivity index (χ4n) is 2.41. The van der Waals surface area contributed by atoms with Crippen LogP contribution in [0, 0.1) is 0 Å². The van der Waals surface area contributed by atoms with Crippen molar-refractivity contribution in [1.29, 1.82) is 0 Å². The number of nitrogens with zero attached hydrogens (tertiary/aromatic N) is 2. The fraction of sp³-hybridized carbons (Fsp3) is 0.294. The summed E-state index contributed by atoms with van der Waals surface area (Å²) in [7, 11) is 1.36. The van der Waals surface area contributed by atoms with E-state index in [9.17, 15) is 4.79 Å². The van der Waals surface area contributed by atoms with Gasteiger partial charge in [-0.15, -0.1) is 0 Å². The van der Waals surface area contributed by atoms with Crippen LogP contribution >= 0.6 is 0 Å². The van der Waals surface area contributed by atoms with Crippen LogP contribution in [0.3, 0.4) is 0 Å². The van der Waals surface area contributed by atoms with Crippen molar-refractivity contribution < 1.29 is 14.3 Å². The number of fused-ring (bicyclic) bond motifs is 1. The van der Waals surface area contributed by atoms with E-state index in [0.717, 1.165) is 10.9 Å². The summed E-state index contributed by atoms with van der Waals surface area (Å²) in [6.07, 6.45) is 5.43. The van der Waals surface area contributed by atoms with E-state index in [0.29, 0.717) is 18.1 Å². The molecule has 3 rings (SSSR count). The lowest BCUT2D eigenvalue weighted by molar-refractivity contribution is 0.0595. The van der Waals surface area contributed by atoms with Gasteiger partial charge < -0.3 is 19.0 Å². The van der Waals surface area contributed by atoms with Crippen molar-refractivity contribution in [2.24, 2.45) is 0 Å². The summed E-state index contributed by atoms with van der Waals surface area (Å²) in [4.78, 5) is 18.8. The first-order chi connectivity index (χ1) is 11.0. The Morgan fingerprint density at radius 3 is 2.91 bits per heavy atom. The van der Waals surface area contributed by atoms with Gasteiger partial charge in [-0.2, -0.15) is 0 Å². The van der Waals surface area contributed by atoms with E-state index in [-0.39, 0.29) is 5.54 Å². The van der Waals surface area contributed by atoms with Gasteiger partial charge in [0.25, 0.3) is 0 Å². The van der Waals surface area contributed by atoms with Gasteiger partial charge >= 0.3 is 5.97 Å². The number of H-pyrrole nitrogens is 1. The lowest BCUT2D eigenvalue weighted by atomic mass is 10.1. The Morgan fingerprint density at radius 1 is 1.39 bits per heavy atom. The molecule has 3 aromatic rings. The third kappa shape index (κ3) is 2.92. The van der Waals surface area contributed by atoms with Crippen molar-refractivity contribution in [2.45, 2.75) is 19.4 Å². The third-order valence-corrected chi connectivity index (χ3v) is 3.81. The first-order valence-corrected chi connectivity index (χ1v) is 7.32. The Morgan fingerprint density at radius 2 is 2.22 bits per heavy atom. The minimum absolute atomic E-state index is 0.240. The van der Waals surface area contributed by atoms with Crippen LogP contribution < -0.4 is 4.74 Å². The van der Waals surface area contributed by atoms with E-state index in [1.165, 1.54) is 7.11 Å². The maximum Gasteiger partial charge on any atom is 0.354 e. The molecule has 0 radical (unpaired) electrons. The Bertz CT molecular complexity index is 819. The van der Waals surface area contributed by atoms with Gasteiger partial charge in [0.05, 0.1) is 24.5 Å². The Kier molecular flexibility index (Phi) is 3.82. The van der Waals surface area contributed by atoms with E-state index in [4.69, 9.17) is 9.47 Å². The number of aromatic nitrogens is 3. The van der Waals surface area contributed by atoms with Gasteiger partial charge in [-0.25, -0.2) is 9.78 Å². The summed E-state index contributed by atoms with van der Waals surface area (Å²) in [5.41, 5.74) is 0.956. The number of nitrogens with one attached hydrogen (secondary N) is 1. The molecule has 0 saturated heterocycles. The predicted molar refractivity (Wildman–Crippen MR) is 86.7 cm³/mol. The van der Waals surface area contributed by atoms with Gasteiger partial charge in [-0.1, -0.05) is 12.1 Å². The Hall–Kier alpha value is -2.76. The van der Waals surface area contributed by atoms with Crippen molar-refractivity contribution in [3.8, 4) is 5.75 Å². The molecule has 120 valence electrons. The van der Waals surface area contributed by atoms with Crippen LogP contribution in [0.4, 0.5) is 0 Å². The molecule has 0 spiro atoms. The van der Waals surface area contributed by atoms with Crippen molar-refractivity contribution in [3.05, 3.63) is 48.7 Å². The molecule has 0 amide bonds. The molecule has 0 aliphatic heterocycles. The van der Waals surface area contributed by atoms with Crippen molar-refractivity contribution in [1.82, 2.24) is 14.5 Å². The summed E-state index contributed by atoms with van der Waals surface area (Å²) >= 11 is 0. The molecule has 6 heteroatoms. The molecule has 0 atom stereocenters. The summed E-state index contributed by atoms with van der Waals surface area (Å²) in [6, 6.07) is 7.46. The van der Waals surface area contributed by atoms with Gasteiger partial charge in [0.2, 0.25) is 0 Å². The topological polar surface area (TPSA) is 69.1 Å². The number of rotatable bonds is 5. The zero-order valence-corrected chi connectivity index (χ0v) is 13.4. The molecule has 6 nitrogen and oxygen atoms in total. The normalized spacial score (nSPS) is 11.6. The lowest BCUT2D eigenvalue weighted by Crippen LogP contribution is -2.32. The number of hydrogen-bond acceptors (Lipinski definition) is 4. The number of aromatic amines is 1. The van der Waals surface area contributed by atoms with Gasteiger partial charge in [0.15, 0.2) is 0 Å². The van der Waals surface area contributed by atoms with Gasteiger partial charge in [0, 0.05) is 17.8 Å². The minimum Gasteiger partial charge on any atom is -0.489 e. The second-order valence-electron chi connectivity index (χ2n) is 5.97. The molecule has 1 aromatic carbocycles. The van der Waals surface area contributed by atoms with Crippen molar-refractivity contribution in [3.63, 3.8) is 0 Å². The molecule has 0 bridgehead atoms. The molecule has 2 aromatic heterocycles. The van der Waals surface area contributed by atoms with Crippen LogP contribution in [0.1, 0.15) is 24.3 Å². The maximum atomic E-state index is 11.7. The molecule has 0 unspecified atom stereocenters. The smallest absolute Gasteiger partial charge is 0.354 e. The summed E-state index contributed by atoms with van der Waals surface area (Å²) < 4.78 is 12.8. The predicted octanol–water partition coefficient (Wildman–Crippen LogP) is 2.97. The fourth-order valence-corrected chi connectivity index (χ4v) is 2.41. The second kappa shape index (κ2) is 5.79. The largest absolute Gasteiger partial charge is 0.489 e. The van der Waals surface area contributed by atoms with Crippen LogP contribution in [0.5, 0.6) is 5.75 Å². The monoisotopic (exact) mass is 313 g/mol. The molecule has 0 saturated carbocycles. The number of carbonyl (C=O) groups is 1. The van der Waals surface area contributed by atoms with E-state index >= 15 is 0 Å². The standard InChI is InChI=1S/C17H19N3O3/c1-17(2,20-8-7-18-11-20)10-23-14-6-4-5-12-9-13(16(21)22-3)19-15(12)14/h4-9,11,19H,10H2,1-3H3. The molecule has 23 heavy (non-hydrogen) atoms. The highest BCUT2D eigenvalue weighted by Gasteiger charge is 2.21. The average molecular weight is 313 g/mol. The Balaban J connectivity index is 1.85. The second-order valence-corrected chi connectivity index (χ2v) is 5.97.